The summed E-state index contributed by atoms with van der Waals surface area (Å²) in [5, 5.41) is 0. The summed E-state index contributed by atoms with van der Waals surface area (Å²) in [7, 11) is 0. The molecule has 0 nitrogen and oxygen atoms in total. The van der Waals surface area contributed by atoms with Gasteiger partial charge in [0.05, 0.1) is 0 Å². The van der Waals surface area contributed by atoms with Gasteiger partial charge in [0.2, 0.25) is 0 Å². The van der Waals surface area contributed by atoms with E-state index in [2.05, 4.69) is 13.8 Å². The molecule has 0 N–H and O–H groups in total. The van der Waals surface area contributed by atoms with E-state index in [9.17, 15) is 0 Å². The first-order chi connectivity index (χ1) is 19.1. The second-order valence-electron chi connectivity index (χ2n) is 18.9. The maximum Gasteiger partial charge on any atom is -0.0193 e. The molecule has 0 amide bonds. The highest BCUT2D eigenvalue weighted by Crippen LogP contribution is 2.83. The van der Waals surface area contributed by atoms with Crippen LogP contribution in [0.25, 0.3) is 0 Å². The molecule has 0 saturated heterocycles. The van der Waals surface area contributed by atoms with Crippen LogP contribution in [0.3, 0.4) is 0 Å². The van der Waals surface area contributed by atoms with Crippen LogP contribution in [0.2, 0.25) is 0 Å². The van der Waals surface area contributed by atoms with Crippen molar-refractivity contribution in [3.05, 3.63) is 0 Å². The Kier molecular flexibility index (Phi) is 5.36. The lowest BCUT2D eigenvalue weighted by molar-refractivity contribution is -0.131. The monoisotopic (exact) mass is 528 g/mol. The lowest BCUT2D eigenvalue weighted by Gasteiger charge is -2.61. The van der Waals surface area contributed by atoms with Crippen LogP contribution < -0.4 is 0 Å². The van der Waals surface area contributed by atoms with Crippen molar-refractivity contribution in [1.29, 1.82) is 0 Å². The highest BCUT2D eigenvalue weighted by atomic mass is 14.8. The van der Waals surface area contributed by atoms with Gasteiger partial charge in [0.15, 0.2) is 0 Å². The van der Waals surface area contributed by atoms with Crippen LogP contribution in [-0.4, -0.2) is 0 Å². The summed E-state index contributed by atoms with van der Waals surface area (Å²) in [5.74, 6) is 20.5. The molecule has 10 fully saturated rings. The zero-order chi connectivity index (χ0) is 25.6. The van der Waals surface area contributed by atoms with Crippen LogP contribution in [0, 0.1) is 112 Å². The molecule has 216 valence electrons. The van der Waals surface area contributed by atoms with Crippen molar-refractivity contribution < 1.29 is 0 Å². The van der Waals surface area contributed by atoms with Gasteiger partial charge in [-0.15, -0.1) is 0 Å². The Morgan fingerprint density at radius 1 is 0.385 bits per heavy atom. The molecule has 19 unspecified atom stereocenters. The number of fused-ring (bicyclic) bond motifs is 8. The maximum absolute atomic E-state index is 2.71. The first-order valence-corrected chi connectivity index (χ1v) is 19.1. The molecule has 10 rings (SSSR count). The van der Waals surface area contributed by atoms with Crippen molar-refractivity contribution in [3.63, 3.8) is 0 Å². The maximum atomic E-state index is 2.71. The Hall–Kier alpha value is 0. The topological polar surface area (TPSA) is 0 Å². The lowest BCUT2D eigenvalue weighted by Crippen LogP contribution is -2.55. The lowest BCUT2D eigenvalue weighted by atomic mass is 9.44. The second-order valence-corrected chi connectivity index (χ2v) is 18.9. The fourth-order valence-corrected chi connectivity index (χ4v) is 18.0. The highest BCUT2D eigenvalue weighted by molar-refractivity contribution is 5.25. The van der Waals surface area contributed by atoms with E-state index >= 15 is 0 Å². The van der Waals surface area contributed by atoms with Crippen LogP contribution in [0.1, 0.15) is 129 Å². The summed E-state index contributed by atoms with van der Waals surface area (Å²) in [4.78, 5) is 0. The van der Waals surface area contributed by atoms with E-state index in [4.69, 9.17) is 0 Å². The molecule has 0 heteroatoms. The standard InChI is InChI=1S/C39H60/c1-21-13-25-11-12-26-18-27-14-22(2)16-32-33-19-31-29-9-5-3-7-23(29)17-24-8-4-6-10-30(24)35(31)38(33)39(36(27)32)20-28(15-21)34(25)37(26)39/h21-38H,3-20H2,1-2H3. The third-order valence-corrected chi connectivity index (χ3v) is 17.8. The van der Waals surface area contributed by atoms with Crippen molar-refractivity contribution >= 4 is 0 Å². The first kappa shape index (κ1) is 24.4. The predicted octanol–water partition coefficient (Wildman–Crippen LogP) is 10.3. The normalized spacial score (nSPS) is 66.0. The van der Waals surface area contributed by atoms with E-state index in [0.717, 1.165) is 82.3 Å². The van der Waals surface area contributed by atoms with Gasteiger partial charge < -0.3 is 0 Å². The minimum Gasteiger partial charge on any atom is -0.0625 e. The predicted molar refractivity (Wildman–Crippen MR) is 160 cm³/mol. The second kappa shape index (κ2) is 8.55. The Morgan fingerprint density at radius 3 is 1.90 bits per heavy atom. The number of hydrogen-bond donors (Lipinski definition) is 0. The molecule has 0 aromatic carbocycles. The molecule has 0 aromatic rings. The van der Waals surface area contributed by atoms with Crippen LogP contribution >= 0.6 is 0 Å². The summed E-state index contributed by atoms with van der Waals surface area (Å²) in [6, 6.07) is 0. The zero-order valence-corrected chi connectivity index (χ0v) is 25.6. The smallest absolute Gasteiger partial charge is 0.0193 e. The molecule has 19 atom stereocenters. The Bertz CT molecular complexity index is 981. The molecule has 0 bridgehead atoms. The third-order valence-electron chi connectivity index (χ3n) is 17.8. The van der Waals surface area contributed by atoms with Crippen molar-refractivity contribution in [1.82, 2.24) is 0 Å². The molecule has 0 radical (unpaired) electrons. The van der Waals surface area contributed by atoms with E-state index in [-0.39, 0.29) is 0 Å². The number of rotatable bonds is 0. The largest absolute Gasteiger partial charge is 0.0625 e. The summed E-state index contributed by atoms with van der Waals surface area (Å²) in [6.07, 6.45) is 29.5. The first-order valence-electron chi connectivity index (χ1n) is 19.1. The molecule has 10 aliphatic rings. The van der Waals surface area contributed by atoms with Gasteiger partial charge >= 0.3 is 0 Å². The van der Waals surface area contributed by atoms with Gasteiger partial charge in [-0.25, -0.2) is 0 Å². The van der Waals surface area contributed by atoms with E-state index in [1.807, 2.05) is 0 Å². The quantitative estimate of drug-likeness (QED) is 0.293. The van der Waals surface area contributed by atoms with Crippen LogP contribution in [0.4, 0.5) is 0 Å². The molecule has 0 heterocycles. The molecule has 0 aromatic heterocycles. The van der Waals surface area contributed by atoms with Crippen molar-refractivity contribution in [2.75, 3.05) is 0 Å². The Labute approximate surface area is 241 Å². The van der Waals surface area contributed by atoms with Crippen molar-refractivity contribution in [2.24, 2.45) is 112 Å². The molecule has 39 heavy (non-hydrogen) atoms. The average molecular weight is 529 g/mol. The fourth-order valence-electron chi connectivity index (χ4n) is 18.0. The molecule has 0 aliphatic heterocycles. The van der Waals surface area contributed by atoms with E-state index in [0.29, 0.717) is 0 Å². The van der Waals surface area contributed by atoms with Gasteiger partial charge in [0, 0.05) is 0 Å². The van der Waals surface area contributed by atoms with Crippen molar-refractivity contribution in [3.8, 4) is 0 Å². The Balaban J connectivity index is 1.15. The molecule has 1 spiro atoms. The zero-order valence-electron chi connectivity index (χ0n) is 25.6. The average Bonchev–Trinajstić information content (AvgIpc) is 3.53. The highest BCUT2D eigenvalue weighted by Gasteiger charge is 2.77. The van der Waals surface area contributed by atoms with Crippen molar-refractivity contribution in [2.45, 2.75) is 129 Å². The van der Waals surface area contributed by atoms with Gasteiger partial charge in [-0.1, -0.05) is 52.4 Å². The molecule has 10 saturated carbocycles. The van der Waals surface area contributed by atoms with E-state index in [1.165, 1.54) is 29.6 Å². The minimum atomic E-state index is 0.817. The number of hydrogen-bond acceptors (Lipinski definition) is 0. The van der Waals surface area contributed by atoms with Gasteiger partial charge in [-0.05, 0) is 189 Å². The summed E-state index contributed by atoms with van der Waals surface area (Å²) < 4.78 is 0. The van der Waals surface area contributed by atoms with Crippen LogP contribution in [0.15, 0.2) is 0 Å². The van der Waals surface area contributed by atoms with E-state index < -0.39 is 0 Å². The minimum absolute atomic E-state index is 0.817. The SMILES string of the molecule is CC1CC2CCC3CC4CC(C)CC5C6CC7C8CCCCC8CC8CCCCC8C7C6C6(CC(C1)C2C36)C45. The summed E-state index contributed by atoms with van der Waals surface area (Å²) >= 11 is 0. The molecular formula is C39H60. The third kappa shape index (κ3) is 3.10. The van der Waals surface area contributed by atoms with Crippen LogP contribution in [-0.2, 0) is 0 Å². The fraction of sp³-hybridized carbons (Fsp3) is 1.00. The molecular weight excluding hydrogens is 468 g/mol. The summed E-state index contributed by atoms with van der Waals surface area (Å²) in [5.41, 5.74) is 0.817. The van der Waals surface area contributed by atoms with Gasteiger partial charge in [0.25, 0.3) is 0 Å². The van der Waals surface area contributed by atoms with Gasteiger partial charge in [-0.2, -0.15) is 0 Å². The van der Waals surface area contributed by atoms with Crippen LogP contribution in [0.5, 0.6) is 0 Å². The van der Waals surface area contributed by atoms with Gasteiger partial charge in [0.1, 0.15) is 0 Å². The molecule has 10 aliphatic carbocycles. The van der Waals surface area contributed by atoms with Gasteiger partial charge in [-0.3, -0.25) is 0 Å². The van der Waals surface area contributed by atoms with E-state index in [1.54, 1.807) is 116 Å². The summed E-state index contributed by atoms with van der Waals surface area (Å²) in [6.45, 7) is 5.37. The Morgan fingerprint density at radius 2 is 1.03 bits per heavy atom.